The molecule has 208 valence electrons. The molecule has 0 saturated heterocycles. The minimum Gasteiger partial charge on any atom is -0.486 e. The van der Waals surface area contributed by atoms with Crippen LogP contribution in [0.5, 0.6) is 23.0 Å². The molecular formula is C25H32B2N2O10. The van der Waals surface area contributed by atoms with Gasteiger partial charge in [0, 0.05) is 13.1 Å². The van der Waals surface area contributed by atoms with Gasteiger partial charge in [0.05, 0.1) is 12.2 Å². The molecule has 0 spiro atoms. The number of ether oxygens (including phenoxy) is 5. The predicted molar refractivity (Wildman–Crippen MR) is 141 cm³/mol. The molecule has 0 aliphatic carbocycles. The lowest BCUT2D eigenvalue weighted by Gasteiger charge is -2.22. The van der Waals surface area contributed by atoms with Crippen LogP contribution in [0.4, 0.5) is 4.79 Å². The lowest BCUT2D eigenvalue weighted by atomic mass is 9.79. The number of hydrogen-bond acceptors (Lipinski definition) is 11. The quantitative estimate of drug-likeness (QED) is 0.384. The fourth-order valence-corrected chi connectivity index (χ4v) is 4.66. The van der Waals surface area contributed by atoms with E-state index < -0.39 is 32.0 Å². The standard InChI is InChI=1S/C15H20BNO6.C10H12BNO4/c1-15(2,3)22-14(18)17-8-13-9-6-11-12(21-5-4-20-11)7-10(9)16(19)23-13;12-5-10-6-3-8-9(15-2-1-14-8)4-7(6)11(13)16-10/h6-7,13,19H,4-5,8H2,1-3H3,(H,17,18);3-4,10,13H,1-2,5,12H2. The molecule has 4 aliphatic heterocycles. The molecule has 2 unspecified atom stereocenters. The van der Waals surface area contributed by atoms with Crippen molar-refractivity contribution in [3.8, 4) is 23.0 Å². The third-order valence-corrected chi connectivity index (χ3v) is 6.35. The van der Waals surface area contributed by atoms with E-state index in [1.54, 1.807) is 39.0 Å². The Balaban J connectivity index is 0.000000168. The Morgan fingerprint density at radius 1 is 0.872 bits per heavy atom. The highest BCUT2D eigenvalue weighted by Gasteiger charge is 2.38. The van der Waals surface area contributed by atoms with Crippen LogP contribution in [0.15, 0.2) is 24.3 Å². The van der Waals surface area contributed by atoms with Crippen LogP contribution in [0.2, 0.25) is 0 Å². The number of nitrogens with two attached hydrogens (primary N) is 1. The summed E-state index contributed by atoms with van der Waals surface area (Å²) in [7, 11) is -1.97. The molecule has 4 aliphatic rings. The van der Waals surface area contributed by atoms with Crippen LogP contribution in [0, 0.1) is 0 Å². The summed E-state index contributed by atoms with van der Waals surface area (Å²) in [5, 5.41) is 22.4. The van der Waals surface area contributed by atoms with Crippen molar-refractivity contribution in [1.29, 1.82) is 0 Å². The molecule has 4 heterocycles. The summed E-state index contributed by atoms with van der Waals surface area (Å²) in [6.07, 6.45) is -1.26. The summed E-state index contributed by atoms with van der Waals surface area (Å²) in [6, 6.07) is 7.13. The summed E-state index contributed by atoms with van der Waals surface area (Å²) in [5.74, 6) is 2.57. The van der Waals surface area contributed by atoms with Crippen molar-refractivity contribution in [2.75, 3.05) is 39.5 Å². The summed E-state index contributed by atoms with van der Waals surface area (Å²) in [4.78, 5) is 11.7. The second-order valence-electron chi connectivity index (χ2n) is 10.3. The highest BCUT2D eigenvalue weighted by atomic mass is 16.6. The zero-order valence-corrected chi connectivity index (χ0v) is 22.1. The lowest BCUT2D eigenvalue weighted by Crippen LogP contribution is -2.35. The van der Waals surface area contributed by atoms with Crippen LogP contribution < -0.4 is 40.9 Å². The van der Waals surface area contributed by atoms with Gasteiger partial charge in [0.15, 0.2) is 23.0 Å². The van der Waals surface area contributed by atoms with E-state index in [0.717, 1.165) is 16.6 Å². The molecule has 0 radical (unpaired) electrons. The highest BCUT2D eigenvalue weighted by Crippen LogP contribution is 2.36. The Hall–Kier alpha value is -3.16. The van der Waals surface area contributed by atoms with Crippen molar-refractivity contribution in [3.63, 3.8) is 0 Å². The van der Waals surface area contributed by atoms with Crippen LogP contribution in [0.25, 0.3) is 0 Å². The number of carbonyl (C=O) groups excluding carboxylic acids is 1. The van der Waals surface area contributed by atoms with E-state index in [2.05, 4.69) is 5.32 Å². The van der Waals surface area contributed by atoms with Crippen LogP contribution >= 0.6 is 0 Å². The van der Waals surface area contributed by atoms with E-state index in [0.29, 0.717) is 61.4 Å². The minimum absolute atomic E-state index is 0.193. The number of nitrogens with one attached hydrogen (secondary N) is 1. The molecule has 12 nitrogen and oxygen atoms in total. The number of amides is 1. The molecule has 0 fully saturated rings. The van der Waals surface area contributed by atoms with E-state index in [4.69, 9.17) is 38.7 Å². The van der Waals surface area contributed by atoms with Crippen molar-refractivity contribution in [2.24, 2.45) is 5.73 Å². The smallest absolute Gasteiger partial charge is 0.486 e. The van der Waals surface area contributed by atoms with Gasteiger partial charge < -0.3 is 54.1 Å². The zero-order chi connectivity index (χ0) is 27.7. The first-order chi connectivity index (χ1) is 18.6. The van der Waals surface area contributed by atoms with Crippen LogP contribution in [-0.2, 0) is 14.0 Å². The number of benzene rings is 2. The number of fused-ring (bicyclic) bond motifs is 4. The molecule has 2 aromatic rings. The highest BCUT2D eigenvalue weighted by molar-refractivity contribution is 6.62. The van der Waals surface area contributed by atoms with E-state index >= 15 is 0 Å². The van der Waals surface area contributed by atoms with E-state index in [1.807, 2.05) is 6.07 Å². The average molecular weight is 542 g/mol. The molecule has 14 heteroatoms. The molecule has 1 amide bonds. The SMILES string of the molecule is CC(C)(C)OC(=O)NCC1OB(O)c2cc3c(cc21)OCCO3.NCC1OB(O)c2cc3c(cc21)OCCO3. The molecule has 39 heavy (non-hydrogen) atoms. The van der Waals surface area contributed by atoms with Crippen molar-refractivity contribution in [2.45, 2.75) is 38.6 Å². The monoisotopic (exact) mass is 542 g/mol. The van der Waals surface area contributed by atoms with Crippen molar-refractivity contribution in [1.82, 2.24) is 5.32 Å². The van der Waals surface area contributed by atoms with Gasteiger partial charge in [0.1, 0.15) is 32.0 Å². The third-order valence-electron chi connectivity index (χ3n) is 6.35. The Kier molecular flexibility index (Phi) is 7.83. The number of alkyl carbamates (subject to hydrolysis) is 1. The van der Waals surface area contributed by atoms with Gasteiger partial charge in [0.2, 0.25) is 0 Å². The third kappa shape index (κ3) is 6.04. The summed E-state index contributed by atoms with van der Waals surface area (Å²) in [5.41, 5.74) is 8.03. The Morgan fingerprint density at radius 2 is 1.31 bits per heavy atom. The van der Waals surface area contributed by atoms with E-state index in [1.165, 1.54) is 0 Å². The van der Waals surface area contributed by atoms with Gasteiger partial charge in [-0.25, -0.2) is 4.79 Å². The van der Waals surface area contributed by atoms with Gasteiger partial charge in [-0.15, -0.1) is 0 Å². The summed E-state index contributed by atoms with van der Waals surface area (Å²) in [6.45, 7) is 7.94. The number of rotatable bonds is 3. The van der Waals surface area contributed by atoms with Gasteiger partial charge in [-0.1, -0.05) is 0 Å². The average Bonchev–Trinajstić information content (AvgIpc) is 3.39. The first-order valence-electron chi connectivity index (χ1n) is 12.8. The van der Waals surface area contributed by atoms with Crippen molar-refractivity contribution >= 4 is 31.3 Å². The maximum Gasteiger partial charge on any atom is 0.492 e. The zero-order valence-electron chi connectivity index (χ0n) is 22.1. The largest absolute Gasteiger partial charge is 0.492 e. The fraction of sp³-hybridized carbons (Fsp3) is 0.480. The molecular weight excluding hydrogens is 510 g/mol. The molecule has 0 saturated carbocycles. The van der Waals surface area contributed by atoms with Crippen LogP contribution in [-0.4, -0.2) is 75.5 Å². The number of hydrogen-bond donors (Lipinski definition) is 4. The lowest BCUT2D eigenvalue weighted by molar-refractivity contribution is 0.0498. The fourth-order valence-electron chi connectivity index (χ4n) is 4.66. The van der Waals surface area contributed by atoms with E-state index in [9.17, 15) is 14.8 Å². The molecule has 6 rings (SSSR count). The molecule has 2 aromatic carbocycles. The summed E-state index contributed by atoms with van der Waals surface area (Å²) < 4.78 is 38.0. The molecule has 2 atom stereocenters. The van der Waals surface area contributed by atoms with Gasteiger partial charge in [0.25, 0.3) is 0 Å². The Labute approximate surface area is 226 Å². The van der Waals surface area contributed by atoms with Gasteiger partial charge >= 0.3 is 20.3 Å². The van der Waals surface area contributed by atoms with Gasteiger partial charge in [-0.2, -0.15) is 0 Å². The van der Waals surface area contributed by atoms with Gasteiger partial charge in [-0.3, -0.25) is 0 Å². The van der Waals surface area contributed by atoms with E-state index in [-0.39, 0.29) is 12.6 Å². The topological polar surface area (TPSA) is 160 Å². The van der Waals surface area contributed by atoms with Crippen LogP contribution in [0.3, 0.4) is 0 Å². The van der Waals surface area contributed by atoms with Crippen molar-refractivity contribution < 1.29 is 47.8 Å². The second-order valence-corrected chi connectivity index (χ2v) is 10.3. The molecule has 0 aromatic heterocycles. The van der Waals surface area contributed by atoms with Gasteiger partial charge in [-0.05, 0) is 67.1 Å². The normalized spacial score (nSPS) is 20.5. The first-order valence-corrected chi connectivity index (χ1v) is 12.8. The number of carbonyl (C=O) groups is 1. The molecule has 5 N–H and O–H groups in total. The predicted octanol–water partition coefficient (Wildman–Crippen LogP) is -0.0834. The minimum atomic E-state index is -1.05. The first kappa shape index (κ1) is 27.4. The van der Waals surface area contributed by atoms with Crippen LogP contribution in [0.1, 0.15) is 44.1 Å². The summed E-state index contributed by atoms with van der Waals surface area (Å²) >= 11 is 0. The maximum atomic E-state index is 11.7. The Bertz CT molecular complexity index is 1220. The Morgan fingerprint density at radius 3 is 1.77 bits per heavy atom. The molecule has 0 bridgehead atoms. The second kappa shape index (κ2) is 11.1. The maximum absolute atomic E-state index is 11.7. The van der Waals surface area contributed by atoms with Crippen molar-refractivity contribution in [3.05, 3.63) is 35.4 Å².